The number of hydrogen-bond acceptors (Lipinski definition) is 5. The van der Waals surface area contributed by atoms with Crippen molar-refractivity contribution in [3.8, 4) is 0 Å². The molecule has 1 aliphatic carbocycles. The lowest BCUT2D eigenvalue weighted by Crippen LogP contribution is -2.50. The Morgan fingerprint density at radius 2 is 1.86 bits per heavy atom. The largest absolute Gasteiger partial charge is 0.443 e. The van der Waals surface area contributed by atoms with Gasteiger partial charge in [0.15, 0.2) is 0 Å². The molecule has 1 saturated heterocycles. The minimum Gasteiger partial charge on any atom is -0.443 e. The van der Waals surface area contributed by atoms with Crippen LogP contribution in [0.3, 0.4) is 0 Å². The van der Waals surface area contributed by atoms with Gasteiger partial charge in [0.25, 0.3) is 0 Å². The van der Waals surface area contributed by atoms with Gasteiger partial charge in [-0.25, -0.2) is 9.69 Å². The summed E-state index contributed by atoms with van der Waals surface area (Å²) in [5.74, 6) is -1.92. The molecule has 1 atom stereocenters. The van der Waals surface area contributed by atoms with Crippen LogP contribution < -0.4 is 0 Å². The van der Waals surface area contributed by atoms with E-state index < -0.39 is 23.5 Å². The van der Waals surface area contributed by atoms with Crippen molar-refractivity contribution >= 4 is 23.6 Å². The molecule has 21 heavy (non-hydrogen) atoms. The van der Waals surface area contributed by atoms with Crippen molar-refractivity contribution in [3.63, 3.8) is 0 Å². The molecular formula is C15H21NO5. The monoisotopic (exact) mass is 295 g/mol. The summed E-state index contributed by atoms with van der Waals surface area (Å²) in [6.07, 6.45) is 0.937. The first kappa shape index (κ1) is 15.7. The minimum absolute atomic E-state index is 0.00232. The maximum atomic E-state index is 12.3. The Hall–Kier alpha value is -1.72. The van der Waals surface area contributed by atoms with Gasteiger partial charge < -0.3 is 4.74 Å². The van der Waals surface area contributed by atoms with E-state index in [2.05, 4.69) is 0 Å². The summed E-state index contributed by atoms with van der Waals surface area (Å²) in [5.41, 5.74) is -0.710. The third kappa shape index (κ3) is 3.89. The Bertz CT molecular complexity index is 487. The van der Waals surface area contributed by atoms with Crippen molar-refractivity contribution in [2.45, 2.75) is 52.1 Å². The number of rotatable bonds is 3. The first-order chi connectivity index (χ1) is 9.69. The van der Waals surface area contributed by atoms with Gasteiger partial charge >= 0.3 is 6.09 Å². The van der Waals surface area contributed by atoms with Crippen LogP contribution in [0.15, 0.2) is 0 Å². The standard InChI is InChI=1S/C15H21NO5/c1-15(2,3)21-14(20)16-7-6-11(17)10(13(16)19)8-12(18)9-4-5-9/h9-10H,4-8H2,1-3H3. The van der Waals surface area contributed by atoms with Gasteiger partial charge in [-0.2, -0.15) is 0 Å². The van der Waals surface area contributed by atoms with Gasteiger partial charge in [-0.05, 0) is 33.6 Å². The van der Waals surface area contributed by atoms with E-state index in [0.717, 1.165) is 17.7 Å². The molecule has 0 bridgehead atoms. The highest BCUT2D eigenvalue weighted by molar-refractivity contribution is 6.10. The van der Waals surface area contributed by atoms with Crippen LogP contribution in [0.25, 0.3) is 0 Å². The Kier molecular flexibility index (Phi) is 4.16. The van der Waals surface area contributed by atoms with Gasteiger partial charge in [0.1, 0.15) is 23.1 Å². The maximum Gasteiger partial charge on any atom is 0.417 e. The van der Waals surface area contributed by atoms with E-state index in [9.17, 15) is 19.2 Å². The number of likely N-dealkylation sites (tertiary alicyclic amines) is 1. The molecule has 1 heterocycles. The molecule has 1 unspecified atom stereocenters. The van der Waals surface area contributed by atoms with Crippen LogP contribution in [-0.4, -0.2) is 40.6 Å². The number of carbonyl (C=O) groups is 4. The molecule has 0 aromatic rings. The molecule has 1 aliphatic heterocycles. The van der Waals surface area contributed by atoms with Crippen molar-refractivity contribution in [3.05, 3.63) is 0 Å². The molecule has 2 fully saturated rings. The fourth-order valence-corrected chi connectivity index (χ4v) is 2.30. The summed E-state index contributed by atoms with van der Waals surface area (Å²) in [6, 6.07) is 0. The molecule has 2 rings (SSSR count). The smallest absolute Gasteiger partial charge is 0.417 e. The van der Waals surface area contributed by atoms with E-state index in [1.54, 1.807) is 20.8 Å². The number of nitrogens with zero attached hydrogens (tertiary/aromatic N) is 1. The molecule has 6 nitrogen and oxygen atoms in total. The third-order valence-electron chi connectivity index (χ3n) is 3.59. The van der Waals surface area contributed by atoms with Crippen LogP contribution >= 0.6 is 0 Å². The molecule has 2 aliphatic rings. The van der Waals surface area contributed by atoms with E-state index in [1.165, 1.54) is 0 Å². The Morgan fingerprint density at radius 3 is 2.38 bits per heavy atom. The molecule has 0 N–H and O–H groups in total. The number of ketones is 2. The zero-order valence-electron chi connectivity index (χ0n) is 12.7. The zero-order chi connectivity index (χ0) is 15.8. The highest BCUT2D eigenvalue weighted by Crippen LogP contribution is 2.33. The fraction of sp³-hybridized carbons (Fsp3) is 0.733. The lowest BCUT2D eigenvalue weighted by Gasteiger charge is -2.31. The SMILES string of the molecule is CC(C)(C)OC(=O)N1CCC(=O)C(CC(=O)C2CC2)C1=O. The number of carbonyl (C=O) groups excluding carboxylic acids is 4. The van der Waals surface area contributed by atoms with Gasteiger partial charge in [-0.3, -0.25) is 14.4 Å². The number of Topliss-reactive ketones (excluding diaryl/α,β-unsaturated/α-hetero) is 2. The second-order valence-electron chi connectivity index (χ2n) is 6.68. The second-order valence-corrected chi connectivity index (χ2v) is 6.68. The van der Waals surface area contributed by atoms with Crippen LogP contribution in [0.2, 0.25) is 0 Å². The average Bonchev–Trinajstić information content (AvgIpc) is 3.15. The predicted octanol–water partition coefficient (Wildman–Crippen LogP) is 1.71. The molecule has 0 aromatic carbocycles. The summed E-state index contributed by atoms with van der Waals surface area (Å²) in [6.45, 7) is 5.15. The predicted molar refractivity (Wildman–Crippen MR) is 73.4 cm³/mol. The van der Waals surface area contributed by atoms with Crippen LogP contribution in [0.5, 0.6) is 0 Å². The van der Waals surface area contributed by atoms with Crippen LogP contribution in [0.1, 0.15) is 46.5 Å². The lowest BCUT2D eigenvalue weighted by molar-refractivity contribution is -0.147. The molecule has 0 aromatic heterocycles. The second kappa shape index (κ2) is 5.58. The van der Waals surface area contributed by atoms with E-state index >= 15 is 0 Å². The number of amides is 2. The van der Waals surface area contributed by atoms with Crippen molar-refractivity contribution < 1.29 is 23.9 Å². The molecule has 2 amide bonds. The summed E-state index contributed by atoms with van der Waals surface area (Å²) in [7, 11) is 0. The van der Waals surface area contributed by atoms with Gasteiger partial charge in [0.05, 0.1) is 0 Å². The lowest BCUT2D eigenvalue weighted by atomic mass is 9.90. The van der Waals surface area contributed by atoms with Crippen molar-refractivity contribution in [2.75, 3.05) is 6.54 Å². The van der Waals surface area contributed by atoms with Crippen molar-refractivity contribution in [1.82, 2.24) is 4.90 Å². The quantitative estimate of drug-likeness (QED) is 0.740. The summed E-state index contributed by atoms with van der Waals surface area (Å²) in [5, 5.41) is 0. The molecule has 116 valence electrons. The number of hydrogen-bond donors (Lipinski definition) is 0. The van der Waals surface area contributed by atoms with Crippen LogP contribution in [-0.2, 0) is 19.1 Å². The molecule has 6 heteroatoms. The van der Waals surface area contributed by atoms with Crippen molar-refractivity contribution in [2.24, 2.45) is 11.8 Å². The molecule has 0 spiro atoms. The number of ether oxygens (including phenoxy) is 1. The van der Waals surface area contributed by atoms with Crippen molar-refractivity contribution in [1.29, 1.82) is 0 Å². The van der Waals surface area contributed by atoms with Crippen LogP contribution in [0.4, 0.5) is 4.79 Å². The van der Waals surface area contributed by atoms with Crippen LogP contribution in [0, 0.1) is 11.8 Å². The molecule has 1 saturated carbocycles. The Morgan fingerprint density at radius 1 is 1.24 bits per heavy atom. The highest BCUT2D eigenvalue weighted by Gasteiger charge is 2.42. The van der Waals surface area contributed by atoms with E-state index in [-0.39, 0.29) is 36.9 Å². The van der Waals surface area contributed by atoms with Gasteiger partial charge in [-0.15, -0.1) is 0 Å². The first-order valence-corrected chi connectivity index (χ1v) is 7.29. The summed E-state index contributed by atoms with van der Waals surface area (Å²) in [4.78, 5) is 49.0. The van der Waals surface area contributed by atoms with Gasteiger partial charge in [-0.1, -0.05) is 0 Å². The van der Waals surface area contributed by atoms with E-state index in [0.29, 0.717) is 0 Å². The normalized spacial score (nSPS) is 23.2. The average molecular weight is 295 g/mol. The van der Waals surface area contributed by atoms with E-state index in [4.69, 9.17) is 4.74 Å². The van der Waals surface area contributed by atoms with E-state index in [1.807, 2.05) is 0 Å². The summed E-state index contributed by atoms with van der Waals surface area (Å²) >= 11 is 0. The van der Waals surface area contributed by atoms with Gasteiger partial charge in [0.2, 0.25) is 5.91 Å². The first-order valence-electron chi connectivity index (χ1n) is 7.29. The Labute approximate surface area is 123 Å². The zero-order valence-corrected chi connectivity index (χ0v) is 12.7. The van der Waals surface area contributed by atoms with Gasteiger partial charge in [0, 0.05) is 25.3 Å². The minimum atomic E-state index is -1.01. The molecular weight excluding hydrogens is 274 g/mol. The highest BCUT2D eigenvalue weighted by atomic mass is 16.6. The fourth-order valence-electron chi connectivity index (χ4n) is 2.30. The number of piperidine rings is 1. The third-order valence-corrected chi connectivity index (χ3v) is 3.59. The maximum absolute atomic E-state index is 12.3. The topological polar surface area (TPSA) is 80.8 Å². The molecule has 0 radical (unpaired) electrons. The Balaban J connectivity index is 2.04. The number of imide groups is 1. The summed E-state index contributed by atoms with van der Waals surface area (Å²) < 4.78 is 5.17.